The van der Waals surface area contributed by atoms with Crippen LogP contribution in [0.25, 0.3) is 21.5 Å². The molecule has 1 N–H and O–H groups in total. The molecule has 6 rings (SSSR count). The zero-order valence-electron chi connectivity index (χ0n) is 32.9. The summed E-state index contributed by atoms with van der Waals surface area (Å²) in [7, 11) is 1.43. The lowest BCUT2D eigenvalue weighted by molar-refractivity contribution is -0.137. The molecule has 0 heterocycles. The van der Waals surface area contributed by atoms with Gasteiger partial charge in [-0.1, -0.05) is 75.0 Å². The van der Waals surface area contributed by atoms with Crippen LogP contribution in [0.5, 0.6) is 23.0 Å². The van der Waals surface area contributed by atoms with Crippen LogP contribution in [-0.4, -0.2) is 44.4 Å². The van der Waals surface area contributed by atoms with Crippen LogP contribution in [0, 0.1) is 0 Å². The summed E-state index contributed by atoms with van der Waals surface area (Å²) in [4.78, 5) is 37.9. The van der Waals surface area contributed by atoms with Gasteiger partial charge in [0, 0.05) is 17.0 Å². The van der Waals surface area contributed by atoms with Crippen molar-refractivity contribution in [2.24, 2.45) is 5.10 Å². The first-order valence-electron chi connectivity index (χ1n) is 19.2. The van der Waals surface area contributed by atoms with Crippen molar-refractivity contribution in [3.05, 3.63) is 150 Å². The number of hydrogen-bond donors (Lipinski definition) is 1. The highest BCUT2D eigenvalue weighted by Crippen LogP contribution is 2.31. The number of anilines is 1. The number of hydrogen-bond acceptors (Lipinski definition) is 10. The summed E-state index contributed by atoms with van der Waals surface area (Å²) >= 11 is 0. The number of nitrogens with zero attached hydrogens (tertiary/aromatic N) is 1. The molecule has 10 heteroatoms. The van der Waals surface area contributed by atoms with Gasteiger partial charge in [0.1, 0.15) is 11.5 Å². The molecular weight excluding hydrogens is 733 g/mol. The van der Waals surface area contributed by atoms with Crippen LogP contribution >= 0.6 is 0 Å². The monoisotopic (exact) mass is 778 g/mol. The molecule has 0 aliphatic carbocycles. The lowest BCUT2D eigenvalue weighted by Crippen LogP contribution is -2.12. The molecule has 0 fully saturated rings. The topological polar surface area (TPSA) is 122 Å². The van der Waals surface area contributed by atoms with E-state index >= 15 is 0 Å². The smallest absolute Gasteiger partial charge is 0.343 e. The van der Waals surface area contributed by atoms with Gasteiger partial charge in [-0.25, -0.2) is 14.4 Å². The lowest BCUT2D eigenvalue weighted by Gasteiger charge is -2.13. The fourth-order valence-electron chi connectivity index (χ4n) is 6.23. The first kappa shape index (κ1) is 40.7. The lowest BCUT2D eigenvalue weighted by atomic mass is 10.0. The third-order valence-corrected chi connectivity index (χ3v) is 9.45. The molecule has 0 bridgehead atoms. The van der Waals surface area contributed by atoms with E-state index in [-0.39, 0.29) is 23.0 Å². The number of rotatable bonds is 18. The van der Waals surface area contributed by atoms with Gasteiger partial charge < -0.3 is 23.7 Å². The zero-order chi connectivity index (χ0) is 40.9. The van der Waals surface area contributed by atoms with Crippen molar-refractivity contribution in [3.63, 3.8) is 0 Å². The number of ether oxygens (including phenoxy) is 5. The highest BCUT2D eigenvalue weighted by molar-refractivity contribution is 5.98. The minimum Gasteiger partial charge on any atom is -0.494 e. The van der Waals surface area contributed by atoms with Gasteiger partial charge in [0.2, 0.25) is 0 Å². The third kappa shape index (κ3) is 10.7. The first-order valence-corrected chi connectivity index (χ1v) is 19.2. The predicted molar refractivity (Wildman–Crippen MR) is 228 cm³/mol. The van der Waals surface area contributed by atoms with Crippen LogP contribution < -0.4 is 24.4 Å². The van der Waals surface area contributed by atoms with Crippen molar-refractivity contribution < 1.29 is 38.1 Å². The Morgan fingerprint density at radius 3 is 2.17 bits per heavy atom. The number of methoxy groups -OCH3 is 1. The van der Waals surface area contributed by atoms with Crippen LogP contribution in [0.1, 0.15) is 77.3 Å². The molecular formula is C48H46N2O8. The van der Waals surface area contributed by atoms with Crippen molar-refractivity contribution >= 4 is 51.4 Å². The average molecular weight is 779 g/mol. The second-order valence-corrected chi connectivity index (χ2v) is 13.9. The molecule has 0 amide bonds. The van der Waals surface area contributed by atoms with Crippen molar-refractivity contribution in [1.82, 2.24) is 0 Å². The summed E-state index contributed by atoms with van der Waals surface area (Å²) in [5.74, 6) is 0.0521. The molecule has 0 unspecified atom stereocenters. The summed E-state index contributed by atoms with van der Waals surface area (Å²) in [5, 5.41) is 8.37. The number of hydrazone groups is 1. The average Bonchev–Trinajstić information content (AvgIpc) is 3.24. The molecule has 0 spiro atoms. The van der Waals surface area contributed by atoms with E-state index in [2.05, 4.69) is 31.0 Å². The van der Waals surface area contributed by atoms with E-state index in [9.17, 15) is 14.4 Å². The van der Waals surface area contributed by atoms with Crippen LogP contribution in [-0.2, 0) is 9.53 Å². The van der Waals surface area contributed by atoms with E-state index in [4.69, 9.17) is 23.7 Å². The maximum absolute atomic E-state index is 13.5. The van der Waals surface area contributed by atoms with Crippen LogP contribution in [0.3, 0.4) is 0 Å². The van der Waals surface area contributed by atoms with Crippen molar-refractivity contribution in [1.29, 1.82) is 0 Å². The molecule has 0 radical (unpaired) electrons. The second kappa shape index (κ2) is 19.8. The van der Waals surface area contributed by atoms with Gasteiger partial charge >= 0.3 is 17.9 Å². The van der Waals surface area contributed by atoms with Crippen molar-refractivity contribution in [2.75, 3.05) is 25.7 Å². The van der Waals surface area contributed by atoms with E-state index in [1.807, 2.05) is 78.9 Å². The minimum absolute atomic E-state index is 0.152. The summed E-state index contributed by atoms with van der Waals surface area (Å²) in [5.41, 5.74) is 6.22. The Morgan fingerprint density at radius 2 is 1.38 bits per heavy atom. The van der Waals surface area contributed by atoms with E-state index in [1.165, 1.54) is 25.3 Å². The van der Waals surface area contributed by atoms with Gasteiger partial charge in [0.25, 0.3) is 0 Å². The Labute approximate surface area is 338 Å². The molecule has 0 atom stereocenters. The SMILES string of the molecule is C=CC(=O)OCCCCCCOc1ccc2cc(C(=O)Oc3ccc(C(=O)Oc4ccc(C(C)C)cc4/C=N/Nc4cccc5ccccc45)cc3OC)ccc2c1. The molecule has 0 saturated carbocycles. The Hall–Kier alpha value is -6.94. The fourth-order valence-corrected chi connectivity index (χ4v) is 6.23. The van der Waals surface area contributed by atoms with Gasteiger partial charge in [-0.05, 0) is 114 Å². The van der Waals surface area contributed by atoms with E-state index in [1.54, 1.807) is 24.4 Å². The van der Waals surface area contributed by atoms with Gasteiger partial charge in [-0.3, -0.25) is 5.43 Å². The molecule has 6 aromatic carbocycles. The summed E-state index contributed by atoms with van der Waals surface area (Å²) in [6.07, 6.45) is 6.36. The van der Waals surface area contributed by atoms with E-state index in [0.717, 1.165) is 70.3 Å². The van der Waals surface area contributed by atoms with Crippen LogP contribution in [0.4, 0.5) is 5.69 Å². The maximum Gasteiger partial charge on any atom is 0.343 e. The van der Waals surface area contributed by atoms with Crippen molar-refractivity contribution in [3.8, 4) is 23.0 Å². The highest BCUT2D eigenvalue weighted by Gasteiger charge is 2.18. The maximum atomic E-state index is 13.5. The predicted octanol–water partition coefficient (Wildman–Crippen LogP) is 10.7. The van der Waals surface area contributed by atoms with E-state index in [0.29, 0.717) is 30.1 Å². The van der Waals surface area contributed by atoms with Gasteiger partial charge in [0.05, 0.1) is 43.4 Å². The molecule has 10 nitrogen and oxygen atoms in total. The van der Waals surface area contributed by atoms with Gasteiger partial charge in [0.15, 0.2) is 11.5 Å². The molecule has 0 aliphatic heterocycles. The highest BCUT2D eigenvalue weighted by atomic mass is 16.6. The quantitative estimate of drug-likeness (QED) is 0.0227. The minimum atomic E-state index is -0.619. The Morgan fingerprint density at radius 1 is 0.690 bits per heavy atom. The number of fused-ring (bicyclic) bond motifs is 2. The number of unbranched alkanes of at least 4 members (excludes halogenated alkanes) is 3. The third-order valence-electron chi connectivity index (χ3n) is 9.45. The number of benzene rings is 6. The summed E-state index contributed by atoms with van der Waals surface area (Å²) in [6, 6.07) is 35.1. The van der Waals surface area contributed by atoms with Gasteiger partial charge in [-0.15, -0.1) is 0 Å². The molecule has 0 aromatic heterocycles. The zero-order valence-corrected chi connectivity index (χ0v) is 32.9. The molecule has 0 saturated heterocycles. The second-order valence-electron chi connectivity index (χ2n) is 13.9. The number of esters is 3. The van der Waals surface area contributed by atoms with Crippen LogP contribution in [0.15, 0.2) is 133 Å². The molecule has 58 heavy (non-hydrogen) atoms. The molecule has 6 aromatic rings. The Kier molecular flexibility index (Phi) is 13.9. The van der Waals surface area contributed by atoms with Crippen molar-refractivity contribution in [2.45, 2.75) is 45.4 Å². The summed E-state index contributed by atoms with van der Waals surface area (Å²) in [6.45, 7) is 8.52. The normalized spacial score (nSPS) is 11.1. The number of carbonyl (C=O) groups is 3. The first-order chi connectivity index (χ1) is 28.2. The molecule has 0 aliphatic rings. The number of carbonyl (C=O) groups excluding carboxylic acids is 3. The van der Waals surface area contributed by atoms with Crippen LogP contribution in [0.2, 0.25) is 0 Å². The fraction of sp³-hybridized carbons (Fsp3) is 0.208. The number of nitrogens with one attached hydrogen (secondary N) is 1. The Bertz CT molecular complexity index is 2450. The Balaban J connectivity index is 1.07. The van der Waals surface area contributed by atoms with Gasteiger partial charge in [-0.2, -0.15) is 5.10 Å². The van der Waals surface area contributed by atoms with E-state index < -0.39 is 17.9 Å². The standard InChI is InChI=1S/C48H46N2O8/c1-5-46(51)56-26-11-7-6-10-25-55-40-22-19-35-28-37(18-17-36(35)29-40)47(52)58-44-24-21-38(30-45(44)54-4)48(53)57-43-23-20-34(32(2)3)27-39(43)31-49-50-42-16-12-14-33-13-8-9-15-41(33)42/h5,8-9,12-24,27-32,50H,1,6-7,10-11,25-26H2,2-4H3/b49-31+. The largest absolute Gasteiger partial charge is 0.494 e. The summed E-state index contributed by atoms with van der Waals surface area (Å²) < 4.78 is 28.1. The molecule has 296 valence electrons.